The zero-order valence-electron chi connectivity index (χ0n) is 17.2. The molecule has 154 valence electrons. The van der Waals surface area contributed by atoms with Gasteiger partial charge in [0.15, 0.2) is 11.0 Å². The van der Waals surface area contributed by atoms with Crippen molar-refractivity contribution in [1.29, 1.82) is 0 Å². The highest BCUT2D eigenvalue weighted by Crippen LogP contribution is 2.37. The van der Waals surface area contributed by atoms with Crippen LogP contribution in [0.25, 0.3) is 22.0 Å². The highest BCUT2D eigenvalue weighted by molar-refractivity contribution is 7.98. The molecule has 0 aliphatic heterocycles. The fourth-order valence-electron chi connectivity index (χ4n) is 3.98. The molecule has 30 heavy (non-hydrogen) atoms. The number of benzene rings is 1. The summed E-state index contributed by atoms with van der Waals surface area (Å²) in [5, 5.41) is 15.6. The molecule has 7 heteroatoms. The Morgan fingerprint density at radius 2 is 2.00 bits per heavy atom. The topological polar surface area (TPSA) is 43.6 Å². The Labute approximate surface area is 189 Å². The van der Waals surface area contributed by atoms with E-state index in [1.165, 1.54) is 47.9 Å². The SMILES string of the molecule is CCn1c(SCc2csc(-c3cccc(C)c3)n2)nnc1-c1csc2c1CCCC2. The highest BCUT2D eigenvalue weighted by atomic mass is 32.2. The third-order valence-electron chi connectivity index (χ3n) is 5.50. The van der Waals surface area contributed by atoms with E-state index in [4.69, 9.17) is 4.98 Å². The molecule has 3 aromatic heterocycles. The summed E-state index contributed by atoms with van der Waals surface area (Å²) < 4.78 is 2.26. The lowest BCUT2D eigenvalue weighted by Crippen LogP contribution is -2.03. The number of thioether (sulfide) groups is 1. The van der Waals surface area contributed by atoms with Gasteiger partial charge in [-0.1, -0.05) is 35.5 Å². The van der Waals surface area contributed by atoms with E-state index in [1.807, 2.05) is 11.3 Å². The van der Waals surface area contributed by atoms with Crippen molar-refractivity contribution in [2.45, 2.75) is 57.0 Å². The lowest BCUT2D eigenvalue weighted by Gasteiger charge is -2.13. The molecule has 0 atom stereocenters. The number of hydrogen-bond acceptors (Lipinski definition) is 6. The second-order valence-electron chi connectivity index (χ2n) is 7.61. The molecule has 0 saturated heterocycles. The van der Waals surface area contributed by atoms with Gasteiger partial charge < -0.3 is 4.57 Å². The molecular formula is C23H24N4S3. The maximum absolute atomic E-state index is 4.85. The van der Waals surface area contributed by atoms with Crippen LogP contribution in [0.15, 0.2) is 40.2 Å². The molecule has 4 nitrogen and oxygen atoms in total. The number of thiazole rings is 1. The van der Waals surface area contributed by atoms with Crippen molar-refractivity contribution in [3.8, 4) is 22.0 Å². The first-order valence-corrected chi connectivity index (χ1v) is 13.1. The van der Waals surface area contributed by atoms with Crippen LogP contribution in [0.3, 0.4) is 0 Å². The van der Waals surface area contributed by atoms with Crippen molar-refractivity contribution in [2.24, 2.45) is 0 Å². The number of thiophene rings is 1. The maximum atomic E-state index is 4.85. The maximum Gasteiger partial charge on any atom is 0.191 e. The van der Waals surface area contributed by atoms with Crippen LogP contribution in [-0.2, 0) is 25.1 Å². The zero-order chi connectivity index (χ0) is 20.5. The zero-order valence-corrected chi connectivity index (χ0v) is 19.7. The predicted octanol–water partition coefficient (Wildman–Crippen LogP) is 6.63. The minimum absolute atomic E-state index is 0.808. The summed E-state index contributed by atoms with van der Waals surface area (Å²) in [6.07, 6.45) is 4.99. The molecular weight excluding hydrogens is 428 g/mol. The number of hydrogen-bond donors (Lipinski definition) is 0. The van der Waals surface area contributed by atoms with E-state index in [0.717, 1.165) is 34.0 Å². The molecule has 0 amide bonds. The molecule has 5 rings (SSSR count). The van der Waals surface area contributed by atoms with Crippen molar-refractivity contribution in [3.05, 3.63) is 56.7 Å². The summed E-state index contributed by atoms with van der Waals surface area (Å²) in [4.78, 5) is 6.39. The van der Waals surface area contributed by atoms with E-state index in [-0.39, 0.29) is 0 Å². The first-order chi connectivity index (χ1) is 14.7. The van der Waals surface area contributed by atoms with E-state index in [0.29, 0.717) is 0 Å². The third kappa shape index (κ3) is 3.86. The van der Waals surface area contributed by atoms with Crippen molar-refractivity contribution >= 4 is 34.4 Å². The van der Waals surface area contributed by atoms with Gasteiger partial charge in [-0.2, -0.15) is 0 Å². The highest BCUT2D eigenvalue weighted by Gasteiger charge is 2.22. The van der Waals surface area contributed by atoms with Crippen molar-refractivity contribution in [2.75, 3.05) is 0 Å². The molecule has 1 aliphatic carbocycles. The molecule has 0 radical (unpaired) electrons. The van der Waals surface area contributed by atoms with Gasteiger partial charge in [-0.3, -0.25) is 0 Å². The van der Waals surface area contributed by atoms with Gasteiger partial charge in [0.25, 0.3) is 0 Å². The molecule has 0 N–H and O–H groups in total. The molecule has 4 aromatic rings. The number of aromatic nitrogens is 4. The van der Waals surface area contributed by atoms with Crippen LogP contribution in [0.5, 0.6) is 0 Å². The van der Waals surface area contributed by atoms with Crippen molar-refractivity contribution in [1.82, 2.24) is 19.7 Å². The van der Waals surface area contributed by atoms with E-state index < -0.39 is 0 Å². The standard InChI is InChI=1S/C23H24N4S3/c1-3-27-21(19-14-28-20-10-5-4-9-18(19)20)25-26-23(27)30-13-17-12-29-22(24-17)16-8-6-7-15(2)11-16/h6-8,11-12,14H,3-5,9-10,13H2,1-2H3. The number of fused-ring (bicyclic) bond motifs is 1. The average Bonchev–Trinajstić information content (AvgIpc) is 3.49. The van der Waals surface area contributed by atoms with Crippen LogP contribution in [0.2, 0.25) is 0 Å². The molecule has 0 fully saturated rings. The van der Waals surface area contributed by atoms with E-state index in [2.05, 4.69) is 63.6 Å². The van der Waals surface area contributed by atoms with Gasteiger partial charge >= 0.3 is 0 Å². The Kier molecular flexibility index (Phi) is 5.76. The van der Waals surface area contributed by atoms with Crippen LogP contribution in [-0.4, -0.2) is 19.7 Å². The minimum Gasteiger partial charge on any atom is -0.302 e. The Morgan fingerprint density at radius 3 is 2.87 bits per heavy atom. The minimum atomic E-state index is 0.808. The van der Waals surface area contributed by atoms with Gasteiger partial charge in [0.2, 0.25) is 0 Å². The summed E-state index contributed by atoms with van der Waals surface area (Å²) >= 11 is 5.33. The van der Waals surface area contributed by atoms with Gasteiger partial charge in [-0.15, -0.1) is 32.9 Å². The van der Waals surface area contributed by atoms with E-state index in [9.17, 15) is 0 Å². The lowest BCUT2D eigenvalue weighted by atomic mass is 9.96. The van der Waals surface area contributed by atoms with Crippen LogP contribution in [0.4, 0.5) is 0 Å². The average molecular weight is 453 g/mol. The Morgan fingerprint density at radius 1 is 1.10 bits per heavy atom. The van der Waals surface area contributed by atoms with Gasteiger partial charge in [-0.25, -0.2) is 4.98 Å². The van der Waals surface area contributed by atoms with E-state index >= 15 is 0 Å². The van der Waals surface area contributed by atoms with Crippen LogP contribution < -0.4 is 0 Å². The second kappa shape index (κ2) is 8.65. The number of nitrogens with zero attached hydrogens (tertiary/aromatic N) is 4. The fourth-order valence-corrected chi connectivity index (χ4v) is 6.92. The molecule has 0 saturated carbocycles. The first-order valence-electron chi connectivity index (χ1n) is 10.4. The molecule has 0 bridgehead atoms. The summed E-state index contributed by atoms with van der Waals surface area (Å²) in [6.45, 7) is 5.17. The molecule has 3 heterocycles. The normalized spacial score (nSPS) is 13.5. The predicted molar refractivity (Wildman–Crippen MR) is 127 cm³/mol. The van der Waals surface area contributed by atoms with E-state index in [1.54, 1.807) is 28.0 Å². The van der Waals surface area contributed by atoms with Gasteiger partial charge in [0.1, 0.15) is 5.01 Å². The van der Waals surface area contributed by atoms with Gasteiger partial charge in [0.05, 0.1) is 5.69 Å². The fraction of sp³-hybridized carbons (Fsp3) is 0.348. The van der Waals surface area contributed by atoms with Crippen molar-refractivity contribution < 1.29 is 0 Å². The summed E-state index contributed by atoms with van der Waals surface area (Å²) in [5.41, 5.74) is 6.36. The summed E-state index contributed by atoms with van der Waals surface area (Å²) in [7, 11) is 0. The van der Waals surface area contributed by atoms with Gasteiger partial charge in [0, 0.05) is 39.1 Å². The summed E-state index contributed by atoms with van der Waals surface area (Å²) in [6, 6.07) is 8.53. The molecule has 0 unspecified atom stereocenters. The van der Waals surface area contributed by atoms with Crippen LogP contribution in [0, 0.1) is 6.92 Å². The Hall–Kier alpha value is -1.96. The lowest BCUT2D eigenvalue weighted by molar-refractivity contribution is 0.680. The largest absolute Gasteiger partial charge is 0.302 e. The quantitative estimate of drug-likeness (QED) is 0.308. The molecule has 1 aromatic carbocycles. The third-order valence-corrected chi connectivity index (χ3v) is 8.53. The Balaban J connectivity index is 1.35. The summed E-state index contributed by atoms with van der Waals surface area (Å²) in [5.74, 6) is 1.83. The molecule has 1 aliphatic rings. The smallest absolute Gasteiger partial charge is 0.191 e. The Bertz CT molecular complexity index is 1170. The monoisotopic (exact) mass is 452 g/mol. The van der Waals surface area contributed by atoms with Crippen molar-refractivity contribution in [3.63, 3.8) is 0 Å². The number of rotatable bonds is 6. The van der Waals surface area contributed by atoms with Crippen LogP contribution in [0.1, 0.15) is 41.5 Å². The molecule has 0 spiro atoms. The van der Waals surface area contributed by atoms with Gasteiger partial charge in [-0.05, 0) is 51.2 Å². The van der Waals surface area contributed by atoms with Crippen LogP contribution >= 0.6 is 34.4 Å². The first kappa shape index (κ1) is 20.0. The number of aryl methyl sites for hydroxylation is 2. The second-order valence-corrected chi connectivity index (χ2v) is 10.4.